The molecule has 4 aromatic rings. The minimum absolute atomic E-state index is 0.746. The van der Waals surface area contributed by atoms with Gasteiger partial charge in [0, 0.05) is 50.7 Å². The lowest BCUT2D eigenvalue weighted by Gasteiger charge is -2.34. The van der Waals surface area contributed by atoms with Crippen LogP contribution in [0.3, 0.4) is 0 Å². The largest absolute Gasteiger partial charge is 0.365 e. The summed E-state index contributed by atoms with van der Waals surface area (Å²) in [5.74, 6) is 0.904. The van der Waals surface area contributed by atoms with Crippen LogP contribution in [0, 0.1) is 6.92 Å². The lowest BCUT2D eigenvalue weighted by atomic mass is 10.1. The van der Waals surface area contributed by atoms with Crippen molar-refractivity contribution >= 4 is 22.4 Å². The van der Waals surface area contributed by atoms with Crippen molar-refractivity contribution in [3.05, 3.63) is 71.4 Å². The summed E-state index contributed by atoms with van der Waals surface area (Å²) in [6.07, 6.45) is 0. The molecule has 0 aliphatic carbocycles. The first kappa shape index (κ1) is 20.0. The number of nitrogens with zero attached hydrogens (tertiary/aromatic N) is 5. The fourth-order valence-electron chi connectivity index (χ4n) is 4.38. The van der Waals surface area contributed by atoms with Gasteiger partial charge in [0.05, 0.1) is 11.2 Å². The van der Waals surface area contributed by atoms with E-state index in [0.29, 0.717) is 0 Å². The molecule has 2 aromatic heterocycles. The van der Waals surface area contributed by atoms with E-state index < -0.39 is 0 Å². The van der Waals surface area contributed by atoms with Gasteiger partial charge in [-0.1, -0.05) is 43.3 Å². The normalized spacial score (nSPS) is 15.7. The molecular weight excluding hydrogens is 384 g/mol. The van der Waals surface area contributed by atoms with Gasteiger partial charge in [-0.15, -0.1) is 0 Å². The smallest absolute Gasteiger partial charge is 0.158 e. The van der Waals surface area contributed by atoms with E-state index in [1.165, 1.54) is 24.2 Å². The van der Waals surface area contributed by atoms with Gasteiger partial charge in [-0.3, -0.25) is 4.90 Å². The molecule has 5 rings (SSSR count). The fraction of sp³-hybridized carbons (Fsp3) is 0.360. The molecule has 6 heteroatoms. The van der Waals surface area contributed by atoms with Crippen molar-refractivity contribution in [1.29, 1.82) is 0 Å². The topological polar surface area (TPSA) is 48.7 Å². The zero-order valence-corrected chi connectivity index (χ0v) is 18.4. The monoisotopic (exact) mass is 414 g/mol. The van der Waals surface area contributed by atoms with Crippen LogP contribution < -0.4 is 5.32 Å². The van der Waals surface area contributed by atoms with Crippen molar-refractivity contribution < 1.29 is 0 Å². The molecule has 1 aliphatic rings. The Labute approximate surface area is 183 Å². The lowest BCUT2D eigenvalue weighted by molar-refractivity contribution is 0.132. The average Bonchev–Trinajstić information content (AvgIpc) is 3.19. The highest BCUT2D eigenvalue weighted by atomic mass is 15.3. The van der Waals surface area contributed by atoms with Gasteiger partial charge in [0.2, 0.25) is 0 Å². The fourth-order valence-corrected chi connectivity index (χ4v) is 4.38. The van der Waals surface area contributed by atoms with Crippen molar-refractivity contribution in [3.63, 3.8) is 0 Å². The van der Waals surface area contributed by atoms with Crippen molar-refractivity contribution in [2.45, 2.75) is 26.9 Å². The number of aryl methyl sites for hydroxylation is 1. The molecule has 160 valence electrons. The van der Waals surface area contributed by atoms with Gasteiger partial charge in [-0.2, -0.15) is 5.10 Å². The number of hydrogen-bond donors (Lipinski definition) is 1. The third kappa shape index (κ3) is 4.27. The number of hydrogen-bond acceptors (Lipinski definition) is 5. The maximum Gasteiger partial charge on any atom is 0.158 e. The number of rotatable bonds is 6. The van der Waals surface area contributed by atoms with Gasteiger partial charge < -0.3 is 10.2 Å². The Bertz CT molecular complexity index is 1170. The molecule has 1 N–H and O–H groups in total. The van der Waals surface area contributed by atoms with Crippen LogP contribution in [-0.4, -0.2) is 57.1 Å². The second-order valence-electron chi connectivity index (χ2n) is 8.41. The van der Waals surface area contributed by atoms with Crippen LogP contribution in [0.1, 0.15) is 23.7 Å². The van der Waals surface area contributed by atoms with Gasteiger partial charge in [-0.25, -0.2) is 9.50 Å². The Morgan fingerprint density at radius 2 is 1.61 bits per heavy atom. The summed E-state index contributed by atoms with van der Waals surface area (Å²) in [4.78, 5) is 9.90. The van der Waals surface area contributed by atoms with E-state index in [1.807, 2.05) is 29.6 Å². The zero-order chi connectivity index (χ0) is 21.2. The first-order valence-corrected chi connectivity index (χ1v) is 11.2. The van der Waals surface area contributed by atoms with Crippen LogP contribution in [0.4, 0.5) is 5.82 Å². The number of nitrogens with one attached hydrogen (secondary N) is 1. The van der Waals surface area contributed by atoms with E-state index in [-0.39, 0.29) is 0 Å². The molecule has 3 heterocycles. The van der Waals surface area contributed by atoms with E-state index in [2.05, 4.69) is 63.5 Å². The standard InChI is InChI=1S/C25H30N6/c1-3-29-12-14-30(15-13-29)18-21-10-8-20(9-11-21)17-26-25-22-6-4-5-7-23(22)31-24(27-25)16-19(2)28-31/h4-11,16H,3,12-15,17-18H2,1-2H3,(H,26,27). The highest BCUT2D eigenvalue weighted by Gasteiger charge is 2.15. The minimum atomic E-state index is 0.746. The molecule has 1 saturated heterocycles. The Morgan fingerprint density at radius 1 is 0.903 bits per heavy atom. The van der Waals surface area contributed by atoms with Crippen molar-refractivity contribution in [1.82, 2.24) is 24.4 Å². The first-order chi connectivity index (χ1) is 15.2. The number of likely N-dealkylation sites (N-methyl/N-ethyl adjacent to an activating group) is 1. The van der Waals surface area contributed by atoms with E-state index in [9.17, 15) is 0 Å². The van der Waals surface area contributed by atoms with E-state index in [4.69, 9.17) is 4.98 Å². The molecule has 2 aromatic carbocycles. The SMILES string of the molecule is CCN1CCN(Cc2ccc(CNc3nc4cc(C)nn4c4ccccc34)cc2)CC1. The molecule has 0 amide bonds. The molecular formula is C25H30N6. The Hall–Kier alpha value is -2.96. The van der Waals surface area contributed by atoms with Crippen molar-refractivity contribution in [2.75, 3.05) is 38.0 Å². The maximum absolute atomic E-state index is 4.83. The zero-order valence-electron chi connectivity index (χ0n) is 18.4. The Kier molecular flexibility index (Phi) is 5.57. The van der Waals surface area contributed by atoms with Gasteiger partial charge >= 0.3 is 0 Å². The predicted molar refractivity (Wildman–Crippen MR) is 126 cm³/mol. The molecule has 6 nitrogen and oxygen atoms in total. The summed E-state index contributed by atoms with van der Waals surface area (Å²) in [5.41, 5.74) is 5.56. The number of benzene rings is 2. The third-order valence-corrected chi connectivity index (χ3v) is 6.23. The van der Waals surface area contributed by atoms with Gasteiger partial charge in [0.1, 0.15) is 5.82 Å². The van der Waals surface area contributed by atoms with E-state index >= 15 is 0 Å². The highest BCUT2D eigenvalue weighted by molar-refractivity contribution is 5.91. The van der Waals surface area contributed by atoms with Crippen LogP contribution in [-0.2, 0) is 13.1 Å². The Balaban J connectivity index is 1.27. The lowest BCUT2D eigenvalue weighted by Crippen LogP contribution is -2.45. The molecule has 1 fully saturated rings. The minimum Gasteiger partial charge on any atom is -0.365 e. The quantitative estimate of drug-likeness (QED) is 0.518. The second-order valence-corrected chi connectivity index (χ2v) is 8.41. The third-order valence-electron chi connectivity index (χ3n) is 6.23. The highest BCUT2D eigenvalue weighted by Crippen LogP contribution is 2.24. The van der Waals surface area contributed by atoms with Gasteiger partial charge in [0.25, 0.3) is 0 Å². The molecule has 0 spiro atoms. The van der Waals surface area contributed by atoms with E-state index in [1.54, 1.807) is 0 Å². The first-order valence-electron chi connectivity index (χ1n) is 11.2. The molecule has 0 radical (unpaired) electrons. The summed E-state index contributed by atoms with van der Waals surface area (Å²) in [7, 11) is 0. The Morgan fingerprint density at radius 3 is 2.39 bits per heavy atom. The summed E-state index contributed by atoms with van der Waals surface area (Å²) < 4.78 is 1.92. The van der Waals surface area contributed by atoms with Gasteiger partial charge in [0.15, 0.2) is 5.65 Å². The average molecular weight is 415 g/mol. The summed E-state index contributed by atoms with van der Waals surface area (Å²) in [6.45, 7) is 11.9. The number of fused-ring (bicyclic) bond motifs is 3. The molecule has 31 heavy (non-hydrogen) atoms. The number of anilines is 1. The van der Waals surface area contributed by atoms with Crippen LogP contribution in [0.25, 0.3) is 16.6 Å². The van der Waals surface area contributed by atoms with Crippen LogP contribution in [0.5, 0.6) is 0 Å². The molecule has 1 aliphatic heterocycles. The number of aromatic nitrogens is 3. The van der Waals surface area contributed by atoms with Crippen molar-refractivity contribution in [2.24, 2.45) is 0 Å². The molecule has 0 bridgehead atoms. The van der Waals surface area contributed by atoms with Crippen LogP contribution in [0.15, 0.2) is 54.6 Å². The second kappa shape index (κ2) is 8.65. The summed E-state index contributed by atoms with van der Waals surface area (Å²) >= 11 is 0. The summed E-state index contributed by atoms with van der Waals surface area (Å²) in [6, 6.07) is 19.3. The number of piperazine rings is 1. The molecule has 0 saturated carbocycles. The predicted octanol–water partition coefficient (Wildman–Crippen LogP) is 3.94. The maximum atomic E-state index is 4.83. The summed E-state index contributed by atoms with van der Waals surface area (Å²) in [5, 5.41) is 9.22. The molecule has 0 unspecified atom stereocenters. The number of para-hydroxylation sites is 1. The van der Waals surface area contributed by atoms with Gasteiger partial charge in [-0.05, 0) is 36.7 Å². The van der Waals surface area contributed by atoms with Crippen LogP contribution in [0.2, 0.25) is 0 Å². The van der Waals surface area contributed by atoms with Crippen molar-refractivity contribution in [3.8, 4) is 0 Å². The van der Waals surface area contributed by atoms with E-state index in [0.717, 1.165) is 60.8 Å². The molecule has 0 atom stereocenters. The van der Waals surface area contributed by atoms with Crippen LogP contribution >= 0.6 is 0 Å².